The number of rotatable bonds is 4. The Morgan fingerprint density at radius 2 is 1.42 bits per heavy atom. The second-order valence-electron chi connectivity index (χ2n) is 3.75. The number of nitrogen functional groups attached to an aromatic ring is 1. The van der Waals surface area contributed by atoms with Gasteiger partial charge in [0.1, 0.15) is 0 Å². The van der Waals surface area contributed by atoms with E-state index in [-0.39, 0.29) is 0 Å². The van der Waals surface area contributed by atoms with Crippen LogP contribution in [-0.4, -0.2) is 14.2 Å². The second kappa shape index (κ2) is 5.71. The van der Waals surface area contributed by atoms with Gasteiger partial charge in [0.05, 0.1) is 24.9 Å². The van der Waals surface area contributed by atoms with Gasteiger partial charge in [-0.15, -0.1) is 0 Å². The molecule has 0 aliphatic carbocycles. The number of hydrogen-bond donors (Lipinski definition) is 1. The predicted octanol–water partition coefficient (Wildman–Crippen LogP) is 3.73. The van der Waals surface area contributed by atoms with Gasteiger partial charge in [0.15, 0.2) is 17.2 Å². The van der Waals surface area contributed by atoms with Crippen LogP contribution in [0.15, 0.2) is 36.4 Å². The molecule has 0 unspecified atom stereocenters. The van der Waals surface area contributed by atoms with Crippen molar-refractivity contribution in [1.29, 1.82) is 0 Å². The maximum atomic E-state index is 5.96. The molecule has 2 rings (SSSR count). The highest BCUT2D eigenvalue weighted by Crippen LogP contribution is 2.42. The van der Waals surface area contributed by atoms with Gasteiger partial charge < -0.3 is 19.9 Å². The van der Waals surface area contributed by atoms with E-state index < -0.39 is 0 Å². The molecule has 0 amide bonds. The van der Waals surface area contributed by atoms with Crippen molar-refractivity contribution in [2.24, 2.45) is 0 Å². The van der Waals surface area contributed by atoms with Crippen LogP contribution in [0, 0.1) is 0 Å². The third-order valence-electron chi connectivity index (χ3n) is 2.61. The van der Waals surface area contributed by atoms with Crippen LogP contribution in [-0.2, 0) is 0 Å². The van der Waals surface area contributed by atoms with Gasteiger partial charge in [-0.1, -0.05) is 23.7 Å². The molecule has 2 aromatic rings. The van der Waals surface area contributed by atoms with Gasteiger partial charge in [0.2, 0.25) is 5.75 Å². The Hall–Kier alpha value is -2.07. The summed E-state index contributed by atoms with van der Waals surface area (Å²) in [7, 11) is 3.12. The van der Waals surface area contributed by atoms with E-state index in [2.05, 4.69) is 0 Å². The standard InChI is InChI=1S/C14H14ClNO3/c1-17-11-7-4-8-12(18-2)14(11)19-10-6-3-5-9(15)13(10)16/h3-8H,16H2,1-2H3. The molecule has 0 atom stereocenters. The molecule has 0 aromatic heterocycles. The van der Waals surface area contributed by atoms with E-state index in [4.69, 9.17) is 31.5 Å². The van der Waals surface area contributed by atoms with Gasteiger partial charge in [0.25, 0.3) is 0 Å². The van der Waals surface area contributed by atoms with Crippen molar-refractivity contribution < 1.29 is 14.2 Å². The van der Waals surface area contributed by atoms with E-state index in [0.29, 0.717) is 33.7 Å². The minimum atomic E-state index is 0.372. The Balaban J connectivity index is 2.45. The number of hydrogen-bond acceptors (Lipinski definition) is 4. The summed E-state index contributed by atoms with van der Waals surface area (Å²) in [4.78, 5) is 0. The zero-order valence-corrected chi connectivity index (χ0v) is 11.4. The zero-order chi connectivity index (χ0) is 13.8. The highest BCUT2D eigenvalue weighted by Gasteiger charge is 2.14. The van der Waals surface area contributed by atoms with Crippen LogP contribution >= 0.6 is 11.6 Å². The van der Waals surface area contributed by atoms with Crippen molar-refractivity contribution in [3.05, 3.63) is 41.4 Å². The molecule has 2 aromatic carbocycles. The van der Waals surface area contributed by atoms with Crippen LogP contribution in [0.25, 0.3) is 0 Å². The summed E-state index contributed by atoms with van der Waals surface area (Å²) in [5.74, 6) is 2.02. The summed E-state index contributed by atoms with van der Waals surface area (Å²) < 4.78 is 16.3. The largest absolute Gasteiger partial charge is 0.493 e. The third kappa shape index (κ3) is 2.69. The summed E-state index contributed by atoms with van der Waals surface area (Å²) in [6, 6.07) is 10.6. The van der Waals surface area contributed by atoms with E-state index in [1.165, 1.54) is 0 Å². The first-order valence-corrected chi connectivity index (χ1v) is 5.98. The number of halogens is 1. The highest BCUT2D eigenvalue weighted by molar-refractivity contribution is 6.33. The lowest BCUT2D eigenvalue weighted by Gasteiger charge is -2.15. The van der Waals surface area contributed by atoms with Crippen molar-refractivity contribution >= 4 is 17.3 Å². The number of ether oxygens (including phenoxy) is 3. The lowest BCUT2D eigenvalue weighted by atomic mass is 10.2. The molecule has 4 nitrogen and oxygen atoms in total. The van der Waals surface area contributed by atoms with E-state index in [9.17, 15) is 0 Å². The second-order valence-corrected chi connectivity index (χ2v) is 4.15. The maximum absolute atomic E-state index is 5.96. The van der Waals surface area contributed by atoms with Crippen LogP contribution < -0.4 is 19.9 Å². The molecule has 0 fully saturated rings. The van der Waals surface area contributed by atoms with Gasteiger partial charge in [-0.25, -0.2) is 0 Å². The molecule has 0 saturated carbocycles. The number of nitrogens with two attached hydrogens (primary N) is 1. The van der Waals surface area contributed by atoms with Gasteiger partial charge in [-0.05, 0) is 24.3 Å². The fourth-order valence-electron chi connectivity index (χ4n) is 1.63. The fraction of sp³-hybridized carbons (Fsp3) is 0.143. The Kier molecular flexibility index (Phi) is 4.02. The summed E-state index contributed by atoms with van der Waals surface area (Å²) in [6.07, 6.45) is 0. The van der Waals surface area contributed by atoms with Crippen molar-refractivity contribution in [3.63, 3.8) is 0 Å². The van der Waals surface area contributed by atoms with Gasteiger partial charge in [0, 0.05) is 0 Å². The van der Waals surface area contributed by atoms with E-state index >= 15 is 0 Å². The summed E-state index contributed by atoms with van der Waals surface area (Å²) in [5.41, 5.74) is 6.25. The van der Waals surface area contributed by atoms with Gasteiger partial charge >= 0.3 is 0 Å². The normalized spacial score (nSPS) is 10.1. The average molecular weight is 280 g/mol. The Morgan fingerprint density at radius 1 is 0.895 bits per heavy atom. The Morgan fingerprint density at radius 3 is 2.00 bits per heavy atom. The molecule has 0 radical (unpaired) electrons. The van der Waals surface area contributed by atoms with Crippen molar-refractivity contribution in [2.75, 3.05) is 20.0 Å². The molecule has 2 N–H and O–H groups in total. The fourth-order valence-corrected chi connectivity index (χ4v) is 1.80. The molecule has 100 valence electrons. The van der Waals surface area contributed by atoms with Crippen LogP contribution in [0.2, 0.25) is 5.02 Å². The number of benzene rings is 2. The molecule has 0 aliphatic heterocycles. The lowest BCUT2D eigenvalue weighted by molar-refractivity contribution is 0.347. The smallest absolute Gasteiger partial charge is 0.211 e. The monoisotopic (exact) mass is 279 g/mol. The predicted molar refractivity (Wildman–Crippen MR) is 75.5 cm³/mol. The number of anilines is 1. The highest BCUT2D eigenvalue weighted by atomic mass is 35.5. The van der Waals surface area contributed by atoms with Crippen LogP contribution in [0.4, 0.5) is 5.69 Å². The molecule has 19 heavy (non-hydrogen) atoms. The van der Waals surface area contributed by atoms with Gasteiger partial charge in [-0.3, -0.25) is 0 Å². The average Bonchev–Trinajstić information content (AvgIpc) is 2.44. The minimum absolute atomic E-state index is 0.372. The quantitative estimate of drug-likeness (QED) is 0.867. The van der Waals surface area contributed by atoms with E-state index in [1.807, 2.05) is 6.07 Å². The SMILES string of the molecule is COc1cccc(OC)c1Oc1cccc(Cl)c1N. The molecule has 0 spiro atoms. The first-order valence-electron chi connectivity index (χ1n) is 5.60. The molecule has 0 saturated heterocycles. The minimum Gasteiger partial charge on any atom is -0.493 e. The first kappa shape index (κ1) is 13.4. The Bertz CT molecular complexity index is 565. The Labute approximate surface area is 116 Å². The maximum Gasteiger partial charge on any atom is 0.211 e. The van der Waals surface area contributed by atoms with Crippen molar-refractivity contribution in [3.8, 4) is 23.0 Å². The van der Waals surface area contributed by atoms with Crippen LogP contribution in [0.3, 0.4) is 0 Å². The first-order chi connectivity index (χ1) is 9.17. The van der Waals surface area contributed by atoms with Crippen LogP contribution in [0.5, 0.6) is 23.0 Å². The van der Waals surface area contributed by atoms with Crippen LogP contribution in [0.1, 0.15) is 0 Å². The molecule has 0 bridgehead atoms. The van der Waals surface area contributed by atoms with E-state index in [0.717, 1.165) is 0 Å². The molecular weight excluding hydrogens is 266 g/mol. The molecule has 0 aliphatic rings. The molecular formula is C14H14ClNO3. The van der Waals surface area contributed by atoms with Crippen molar-refractivity contribution in [1.82, 2.24) is 0 Å². The number of methoxy groups -OCH3 is 2. The molecule has 0 heterocycles. The summed E-state index contributed by atoms with van der Waals surface area (Å²) in [5, 5.41) is 0.436. The van der Waals surface area contributed by atoms with E-state index in [1.54, 1.807) is 44.6 Å². The third-order valence-corrected chi connectivity index (χ3v) is 2.94. The lowest BCUT2D eigenvalue weighted by Crippen LogP contribution is -1.97. The number of para-hydroxylation sites is 2. The van der Waals surface area contributed by atoms with Crippen molar-refractivity contribution in [2.45, 2.75) is 0 Å². The summed E-state index contributed by atoms with van der Waals surface area (Å²) >= 11 is 5.96. The zero-order valence-electron chi connectivity index (χ0n) is 10.6. The van der Waals surface area contributed by atoms with Gasteiger partial charge in [-0.2, -0.15) is 0 Å². The topological polar surface area (TPSA) is 53.7 Å². The summed E-state index contributed by atoms with van der Waals surface area (Å²) in [6.45, 7) is 0. The molecule has 5 heteroatoms.